The van der Waals surface area contributed by atoms with Crippen LogP contribution in [0.1, 0.15) is 6.42 Å². The van der Waals surface area contributed by atoms with Crippen molar-refractivity contribution < 1.29 is 12.8 Å². The SMILES string of the molecule is CS(=O)(=O)c1ccc(F)c(NC2CCSC2)c1. The Balaban J connectivity index is 2.26. The van der Waals surface area contributed by atoms with E-state index in [9.17, 15) is 12.8 Å². The summed E-state index contributed by atoms with van der Waals surface area (Å²) in [5.41, 5.74) is 0.278. The van der Waals surface area contributed by atoms with Crippen LogP contribution in [0.15, 0.2) is 23.1 Å². The van der Waals surface area contributed by atoms with Crippen LogP contribution in [-0.2, 0) is 9.84 Å². The van der Waals surface area contributed by atoms with Crippen LogP contribution in [0.4, 0.5) is 10.1 Å². The van der Waals surface area contributed by atoms with E-state index in [0.717, 1.165) is 24.2 Å². The van der Waals surface area contributed by atoms with Gasteiger partial charge in [-0.15, -0.1) is 0 Å². The van der Waals surface area contributed by atoms with Crippen LogP contribution < -0.4 is 5.32 Å². The molecule has 0 bridgehead atoms. The van der Waals surface area contributed by atoms with Gasteiger partial charge in [-0.1, -0.05) is 0 Å². The summed E-state index contributed by atoms with van der Waals surface area (Å²) in [7, 11) is -3.29. The number of nitrogens with one attached hydrogen (secondary N) is 1. The minimum atomic E-state index is -3.29. The molecular formula is C11H14FNO2S2. The Labute approximate surface area is 105 Å². The lowest BCUT2D eigenvalue weighted by molar-refractivity contribution is 0.600. The molecule has 17 heavy (non-hydrogen) atoms. The predicted octanol–water partition coefficient (Wildman–Crippen LogP) is 2.15. The van der Waals surface area contributed by atoms with Gasteiger partial charge in [0.25, 0.3) is 0 Å². The Kier molecular flexibility index (Phi) is 3.63. The van der Waals surface area contributed by atoms with Crippen LogP contribution >= 0.6 is 11.8 Å². The molecule has 94 valence electrons. The van der Waals surface area contributed by atoms with E-state index in [2.05, 4.69) is 5.32 Å². The third-order valence-corrected chi connectivity index (χ3v) is 4.93. The van der Waals surface area contributed by atoms with E-state index in [1.165, 1.54) is 18.2 Å². The fourth-order valence-corrected chi connectivity index (χ4v) is 3.51. The van der Waals surface area contributed by atoms with Crippen molar-refractivity contribution in [1.82, 2.24) is 0 Å². The number of benzene rings is 1. The fourth-order valence-electron chi connectivity index (χ4n) is 1.71. The first-order valence-corrected chi connectivity index (χ1v) is 8.35. The maximum atomic E-state index is 13.5. The predicted molar refractivity (Wildman–Crippen MR) is 68.9 cm³/mol. The minimum absolute atomic E-state index is 0.145. The van der Waals surface area contributed by atoms with E-state index >= 15 is 0 Å². The number of hydrogen-bond donors (Lipinski definition) is 1. The first-order chi connectivity index (χ1) is 7.97. The van der Waals surface area contributed by atoms with Crippen molar-refractivity contribution in [3.8, 4) is 0 Å². The second-order valence-corrected chi connectivity index (χ2v) is 7.28. The van der Waals surface area contributed by atoms with E-state index in [1.54, 1.807) is 0 Å². The zero-order valence-electron chi connectivity index (χ0n) is 9.44. The van der Waals surface area contributed by atoms with Gasteiger partial charge in [-0.05, 0) is 30.4 Å². The van der Waals surface area contributed by atoms with Gasteiger partial charge in [0.2, 0.25) is 0 Å². The number of rotatable bonds is 3. The average molecular weight is 275 g/mol. The minimum Gasteiger partial charge on any atom is -0.379 e. The van der Waals surface area contributed by atoms with Crippen molar-refractivity contribution in [2.24, 2.45) is 0 Å². The molecule has 1 aliphatic rings. The lowest BCUT2D eigenvalue weighted by atomic mass is 10.2. The van der Waals surface area contributed by atoms with Gasteiger partial charge in [0, 0.05) is 18.1 Å². The summed E-state index contributed by atoms with van der Waals surface area (Å²) in [4.78, 5) is 0.145. The van der Waals surface area contributed by atoms with Crippen LogP contribution in [0.2, 0.25) is 0 Å². The molecule has 6 heteroatoms. The van der Waals surface area contributed by atoms with Crippen molar-refractivity contribution in [1.29, 1.82) is 0 Å². The highest BCUT2D eigenvalue weighted by atomic mass is 32.2. The summed E-state index contributed by atoms with van der Waals surface area (Å²) in [6, 6.07) is 4.08. The molecule has 0 aromatic heterocycles. The van der Waals surface area contributed by atoms with Gasteiger partial charge < -0.3 is 5.32 Å². The van der Waals surface area contributed by atoms with Gasteiger partial charge in [0.15, 0.2) is 9.84 Å². The second-order valence-electron chi connectivity index (χ2n) is 4.12. The van der Waals surface area contributed by atoms with Crippen molar-refractivity contribution >= 4 is 27.3 Å². The van der Waals surface area contributed by atoms with Crippen molar-refractivity contribution in [2.75, 3.05) is 23.1 Å². The summed E-state index contributed by atoms with van der Waals surface area (Å²) in [5, 5.41) is 3.06. The molecule has 0 spiro atoms. The van der Waals surface area contributed by atoms with E-state index in [0.29, 0.717) is 0 Å². The summed E-state index contributed by atoms with van der Waals surface area (Å²) >= 11 is 1.81. The Morgan fingerprint density at radius 3 is 2.82 bits per heavy atom. The maximum Gasteiger partial charge on any atom is 0.175 e. The smallest absolute Gasteiger partial charge is 0.175 e. The molecule has 1 atom stereocenters. The Bertz CT molecular complexity index is 510. The van der Waals surface area contributed by atoms with Crippen molar-refractivity contribution in [2.45, 2.75) is 17.4 Å². The molecule has 0 saturated carbocycles. The molecule has 0 radical (unpaired) electrons. The number of sulfone groups is 1. The standard InChI is InChI=1S/C11H14FNO2S2/c1-17(14,15)9-2-3-10(12)11(6-9)13-8-4-5-16-7-8/h2-3,6,8,13H,4-5,7H2,1H3. The average Bonchev–Trinajstić information content (AvgIpc) is 2.72. The van der Waals surface area contributed by atoms with Gasteiger partial charge in [-0.3, -0.25) is 0 Å². The first-order valence-electron chi connectivity index (χ1n) is 5.31. The number of thioether (sulfide) groups is 1. The summed E-state index contributed by atoms with van der Waals surface area (Å²) in [5.74, 6) is 1.59. The molecule has 1 N–H and O–H groups in total. The molecule has 2 rings (SSSR count). The highest BCUT2D eigenvalue weighted by Gasteiger charge is 2.18. The van der Waals surface area contributed by atoms with Gasteiger partial charge in [0.1, 0.15) is 5.82 Å². The lowest BCUT2D eigenvalue weighted by Crippen LogP contribution is -2.19. The van der Waals surface area contributed by atoms with Crippen LogP contribution in [0, 0.1) is 5.82 Å². The molecule has 3 nitrogen and oxygen atoms in total. The Morgan fingerprint density at radius 1 is 1.47 bits per heavy atom. The zero-order chi connectivity index (χ0) is 12.5. The van der Waals surface area contributed by atoms with E-state index in [4.69, 9.17) is 0 Å². The summed E-state index contributed by atoms with van der Waals surface area (Å²) < 4.78 is 36.3. The van der Waals surface area contributed by atoms with Gasteiger partial charge >= 0.3 is 0 Å². The molecule has 1 aliphatic heterocycles. The molecule has 0 aliphatic carbocycles. The molecule has 1 aromatic carbocycles. The van der Waals surface area contributed by atoms with Crippen LogP contribution in [0.3, 0.4) is 0 Å². The quantitative estimate of drug-likeness (QED) is 0.859. The van der Waals surface area contributed by atoms with Crippen molar-refractivity contribution in [3.63, 3.8) is 0 Å². The lowest BCUT2D eigenvalue weighted by Gasteiger charge is -2.14. The van der Waals surface area contributed by atoms with Gasteiger partial charge in [-0.2, -0.15) is 11.8 Å². The number of halogens is 1. The maximum absolute atomic E-state index is 13.5. The Morgan fingerprint density at radius 2 is 2.24 bits per heavy atom. The molecule has 1 aromatic rings. The largest absolute Gasteiger partial charge is 0.379 e. The van der Waals surface area contributed by atoms with Crippen LogP contribution in [-0.4, -0.2) is 32.2 Å². The molecule has 1 unspecified atom stereocenters. The van der Waals surface area contributed by atoms with E-state index < -0.39 is 15.7 Å². The second kappa shape index (κ2) is 4.86. The normalized spacial score (nSPS) is 20.5. The zero-order valence-corrected chi connectivity index (χ0v) is 11.1. The fraction of sp³-hybridized carbons (Fsp3) is 0.455. The topological polar surface area (TPSA) is 46.2 Å². The van der Waals surface area contributed by atoms with E-state index in [1.807, 2.05) is 11.8 Å². The Hall–Kier alpha value is -0.750. The summed E-state index contributed by atoms with van der Waals surface area (Å²) in [6.07, 6.45) is 2.10. The molecule has 0 amide bonds. The number of hydrogen-bond acceptors (Lipinski definition) is 4. The third-order valence-electron chi connectivity index (χ3n) is 2.66. The highest BCUT2D eigenvalue weighted by molar-refractivity contribution is 7.99. The van der Waals surface area contributed by atoms with E-state index in [-0.39, 0.29) is 16.6 Å². The monoisotopic (exact) mass is 275 g/mol. The molecule has 1 fully saturated rings. The van der Waals surface area contributed by atoms with Crippen LogP contribution in [0.5, 0.6) is 0 Å². The number of anilines is 1. The highest BCUT2D eigenvalue weighted by Crippen LogP contribution is 2.25. The molecular weight excluding hydrogens is 261 g/mol. The van der Waals surface area contributed by atoms with Gasteiger partial charge in [0.05, 0.1) is 10.6 Å². The van der Waals surface area contributed by atoms with Gasteiger partial charge in [-0.25, -0.2) is 12.8 Å². The summed E-state index contributed by atoms with van der Waals surface area (Å²) in [6.45, 7) is 0. The molecule has 1 heterocycles. The first kappa shape index (κ1) is 12.7. The molecule has 1 saturated heterocycles. The van der Waals surface area contributed by atoms with Crippen molar-refractivity contribution in [3.05, 3.63) is 24.0 Å². The van der Waals surface area contributed by atoms with Crippen LogP contribution in [0.25, 0.3) is 0 Å². The third kappa shape index (κ3) is 3.13.